The molecule has 11 nitrogen and oxygen atoms in total. The first-order chi connectivity index (χ1) is 22.4. The van der Waals surface area contributed by atoms with E-state index in [9.17, 15) is 63.7 Å². The molecule has 1 saturated heterocycles. The smallest absolute Gasteiger partial charge is 0.430 e. The molecule has 0 spiro atoms. The first-order valence-electron chi connectivity index (χ1n) is 14.7. The van der Waals surface area contributed by atoms with Gasteiger partial charge in [0, 0.05) is 25.1 Å². The van der Waals surface area contributed by atoms with Crippen molar-refractivity contribution >= 4 is 33.7 Å². The van der Waals surface area contributed by atoms with Crippen molar-refractivity contribution in [1.29, 1.82) is 0 Å². The first kappa shape index (κ1) is 37.7. The highest BCUT2D eigenvalue weighted by atomic mass is 32.2. The van der Waals surface area contributed by atoms with Gasteiger partial charge in [-0.2, -0.15) is 26.3 Å². The maximum absolute atomic E-state index is 13.9. The Labute approximate surface area is 275 Å². The Kier molecular flexibility index (Phi) is 9.97. The van der Waals surface area contributed by atoms with Gasteiger partial charge in [0.15, 0.2) is 0 Å². The summed E-state index contributed by atoms with van der Waals surface area (Å²) >= 11 is 0. The zero-order valence-electron chi connectivity index (χ0n) is 26.1. The molecule has 270 valence electrons. The van der Waals surface area contributed by atoms with Crippen LogP contribution in [0.15, 0.2) is 47.4 Å². The van der Waals surface area contributed by atoms with E-state index in [0.29, 0.717) is 16.4 Å². The second kappa shape index (κ2) is 13.0. The number of likely N-dealkylation sites (tertiary alicyclic amines) is 1. The number of hydrogen-bond donors (Lipinski definition) is 3. The number of aryl methyl sites for hydroxylation is 1. The van der Waals surface area contributed by atoms with Gasteiger partial charge in [-0.25, -0.2) is 17.6 Å². The van der Waals surface area contributed by atoms with Crippen LogP contribution in [0, 0.1) is 11.7 Å². The fraction of sp³-hybridized carbons (Fsp3) is 0.500. The highest BCUT2D eigenvalue weighted by Crippen LogP contribution is 2.51. The molecule has 0 saturated carbocycles. The lowest BCUT2D eigenvalue weighted by atomic mass is 9.87. The second-order valence-electron chi connectivity index (χ2n) is 12.7. The number of nitrogens with one attached hydrogen (secondary N) is 1. The van der Waals surface area contributed by atoms with Crippen LogP contribution in [0.2, 0.25) is 0 Å². The topological polar surface area (TPSA) is 154 Å². The third-order valence-corrected chi connectivity index (χ3v) is 9.94. The summed E-state index contributed by atoms with van der Waals surface area (Å²) in [6, 6.07) is 2.21. The molecule has 0 bridgehead atoms. The molecule has 2 aliphatic heterocycles. The largest absolute Gasteiger partial charge is 0.481 e. The molecular formula is C30H32F7N3O8S. The summed E-state index contributed by atoms with van der Waals surface area (Å²) < 4.78 is 129. The van der Waals surface area contributed by atoms with Crippen molar-refractivity contribution in [1.82, 2.24) is 10.2 Å². The van der Waals surface area contributed by atoms with Crippen molar-refractivity contribution < 1.29 is 68.5 Å². The number of hydrogen-bond acceptors (Lipinski definition) is 7. The van der Waals surface area contributed by atoms with Crippen LogP contribution in [-0.2, 0) is 36.4 Å². The van der Waals surface area contributed by atoms with Gasteiger partial charge in [0.05, 0.1) is 28.6 Å². The molecule has 4 rings (SSSR count). The molecule has 2 aliphatic rings. The Morgan fingerprint density at radius 2 is 1.55 bits per heavy atom. The number of alkyl halides is 6. The number of amides is 2. The number of rotatable bonds is 7. The van der Waals surface area contributed by atoms with Crippen molar-refractivity contribution in [3.63, 3.8) is 0 Å². The maximum atomic E-state index is 13.9. The Morgan fingerprint density at radius 1 is 0.959 bits per heavy atom. The predicted octanol–water partition coefficient (Wildman–Crippen LogP) is 4.47. The first-order valence-corrected chi connectivity index (χ1v) is 16.1. The van der Waals surface area contributed by atoms with Gasteiger partial charge in [-0.1, -0.05) is 12.1 Å². The van der Waals surface area contributed by atoms with E-state index in [2.05, 4.69) is 5.32 Å². The number of benzene rings is 2. The number of sulfonamides is 1. The lowest BCUT2D eigenvalue weighted by molar-refractivity contribution is -0.376. The molecule has 0 aromatic heterocycles. The van der Waals surface area contributed by atoms with Crippen molar-refractivity contribution in [2.75, 3.05) is 17.4 Å². The van der Waals surface area contributed by atoms with Gasteiger partial charge in [-0.15, -0.1) is 0 Å². The summed E-state index contributed by atoms with van der Waals surface area (Å²) in [7, 11) is -4.76. The summed E-state index contributed by atoms with van der Waals surface area (Å²) in [6.07, 6.45) is -14.6. The molecular weight excluding hydrogens is 695 g/mol. The quantitative estimate of drug-likeness (QED) is 0.354. The van der Waals surface area contributed by atoms with Crippen molar-refractivity contribution in [2.45, 2.75) is 80.6 Å². The number of anilines is 1. The van der Waals surface area contributed by atoms with Gasteiger partial charge >= 0.3 is 24.4 Å². The molecule has 1 fully saturated rings. The highest BCUT2D eigenvalue weighted by molar-refractivity contribution is 7.92. The molecule has 2 heterocycles. The van der Waals surface area contributed by atoms with Gasteiger partial charge in [0.1, 0.15) is 11.4 Å². The number of carbonyl (C=O) groups excluding carboxylic acids is 2. The van der Waals surface area contributed by atoms with Crippen LogP contribution in [-0.4, -0.2) is 84.6 Å². The number of fused-ring (bicyclic) bond motifs is 1. The number of aliphatic carboxylic acids is 1. The predicted molar refractivity (Wildman–Crippen MR) is 156 cm³/mol. The van der Waals surface area contributed by atoms with E-state index in [-0.39, 0.29) is 37.6 Å². The number of carbonyl (C=O) groups is 3. The number of ether oxygens (including phenoxy) is 1. The van der Waals surface area contributed by atoms with Gasteiger partial charge in [0.25, 0.3) is 15.6 Å². The van der Waals surface area contributed by atoms with Gasteiger partial charge in [0.2, 0.25) is 5.91 Å². The van der Waals surface area contributed by atoms with Crippen LogP contribution in [0.5, 0.6) is 0 Å². The van der Waals surface area contributed by atoms with E-state index in [1.165, 1.54) is 0 Å². The van der Waals surface area contributed by atoms with E-state index >= 15 is 0 Å². The zero-order chi connectivity index (χ0) is 36.9. The number of nitrogens with zero attached hydrogens (tertiary/aromatic N) is 2. The van der Waals surface area contributed by atoms with Crippen LogP contribution in [0.25, 0.3) is 0 Å². The Morgan fingerprint density at radius 3 is 2.08 bits per heavy atom. The molecule has 3 atom stereocenters. The molecule has 0 radical (unpaired) electrons. The highest BCUT2D eigenvalue weighted by Gasteiger charge is 2.71. The van der Waals surface area contributed by atoms with Gasteiger partial charge in [-0.3, -0.25) is 13.9 Å². The Balaban J connectivity index is 1.69. The number of halogens is 7. The molecule has 19 heteroatoms. The van der Waals surface area contributed by atoms with Crippen LogP contribution < -0.4 is 9.62 Å². The van der Waals surface area contributed by atoms with E-state index in [4.69, 9.17) is 4.74 Å². The maximum Gasteiger partial charge on any atom is 0.430 e. The summed E-state index contributed by atoms with van der Waals surface area (Å²) in [4.78, 5) is 38.4. The number of aliphatic hydroxyl groups is 1. The molecule has 2 amide bonds. The monoisotopic (exact) mass is 727 g/mol. The lowest BCUT2D eigenvalue weighted by Crippen LogP contribution is -2.54. The lowest BCUT2D eigenvalue weighted by Gasteiger charge is -2.39. The Bertz CT molecular complexity index is 1700. The van der Waals surface area contributed by atoms with Crippen molar-refractivity contribution in [3.05, 3.63) is 59.4 Å². The fourth-order valence-corrected chi connectivity index (χ4v) is 7.45. The average Bonchev–Trinajstić information content (AvgIpc) is 3.38. The van der Waals surface area contributed by atoms with E-state index in [1.54, 1.807) is 20.8 Å². The van der Waals surface area contributed by atoms with Crippen LogP contribution >= 0.6 is 0 Å². The Hall–Kier alpha value is -4.13. The summed E-state index contributed by atoms with van der Waals surface area (Å²) in [5, 5.41) is 22.1. The van der Waals surface area contributed by atoms with Crippen molar-refractivity contribution in [3.8, 4) is 0 Å². The van der Waals surface area contributed by atoms with Crippen LogP contribution in [0.3, 0.4) is 0 Å². The van der Waals surface area contributed by atoms with Gasteiger partial charge in [-0.05, 0) is 69.5 Å². The molecule has 2 aromatic carbocycles. The van der Waals surface area contributed by atoms with E-state index < -0.39 is 97.9 Å². The zero-order valence-corrected chi connectivity index (χ0v) is 26.9. The molecule has 0 unspecified atom stereocenters. The molecule has 0 aliphatic carbocycles. The fourth-order valence-electron chi connectivity index (χ4n) is 5.74. The second-order valence-corrected chi connectivity index (χ2v) is 14.5. The van der Waals surface area contributed by atoms with E-state index in [0.717, 1.165) is 29.2 Å². The molecule has 3 N–H and O–H groups in total. The van der Waals surface area contributed by atoms with Crippen molar-refractivity contribution in [2.24, 2.45) is 5.92 Å². The summed E-state index contributed by atoms with van der Waals surface area (Å²) in [5.41, 5.74) is -8.54. The van der Waals surface area contributed by atoms with Gasteiger partial charge < -0.3 is 25.2 Å². The minimum absolute atomic E-state index is 0.271. The van der Waals surface area contributed by atoms with E-state index in [1.807, 2.05) is 0 Å². The third-order valence-electron chi connectivity index (χ3n) is 8.06. The summed E-state index contributed by atoms with van der Waals surface area (Å²) in [5.74, 6) is -4.32. The van der Waals surface area contributed by atoms with Crippen LogP contribution in [0.1, 0.15) is 44.7 Å². The normalized spacial score (nSPS) is 20.5. The molecule has 49 heavy (non-hydrogen) atoms. The number of carboxylic acid groups (broad SMARTS) is 1. The SMILES string of the molecule is CC(C)(C)OC(=O)N1C[C@@H](NC(=O)C[C@@H]2CCc3cc(C(O)(C(F)(F)F)C(F)(F)F)ccc3N2S(=O)(=O)c2ccc(F)cc2)[C@H](C(=O)O)C1. The summed E-state index contributed by atoms with van der Waals surface area (Å²) in [6.45, 7) is 4.19. The van der Waals surface area contributed by atoms with Crippen LogP contribution in [0.4, 0.5) is 41.2 Å². The number of carboxylic acids is 1. The average molecular weight is 728 g/mol. The molecule has 2 aromatic rings. The third kappa shape index (κ3) is 7.56. The standard InChI is InChI=1S/C30H32F7N3O8S/c1-27(2,3)48-26(44)39-14-21(25(42)43)22(15-39)38-24(41)13-19-8-4-16-12-17(28(45,29(32,33)34)30(35,36)37)5-11-23(16)40(19)49(46,47)20-9-6-18(31)7-10-20/h5-7,9-12,19,21-22,45H,4,8,13-15H2,1-3H3,(H,38,41)(H,42,43)/t19-,21+,22+/m0/s1. The minimum Gasteiger partial charge on any atom is -0.481 e. The minimum atomic E-state index is -6.21.